The van der Waals surface area contributed by atoms with Crippen molar-refractivity contribution in [2.75, 3.05) is 9.80 Å². The first-order chi connectivity index (χ1) is 54.1. The number of hydrogen-bond donors (Lipinski definition) is 0. The molecule has 0 fully saturated rings. The monoisotopic (exact) mass is 1380 g/mol. The largest absolute Gasteiger partial charge is 0.311 e. The fourth-order valence-corrected chi connectivity index (χ4v) is 22.9. The summed E-state index contributed by atoms with van der Waals surface area (Å²) < 4.78 is 2.57. The van der Waals surface area contributed by atoms with Gasteiger partial charge in [0, 0.05) is 50.5 Å². The minimum absolute atomic E-state index is 0.331. The Bertz CT molecular complexity index is 6930. The highest BCUT2D eigenvalue weighted by Gasteiger charge is 2.60. The van der Waals surface area contributed by atoms with Crippen molar-refractivity contribution in [2.24, 2.45) is 0 Å². The topological polar surface area (TPSA) is 11.4 Å². The van der Waals surface area contributed by atoms with E-state index in [4.69, 9.17) is 0 Å². The molecule has 2 aliphatic heterocycles. The Morgan fingerprint density at radius 1 is 0.211 bits per heavy atom. The average Bonchev–Trinajstić information content (AvgIpc) is 1.56. The molecule has 4 heteroatoms. The fourth-order valence-electron chi connectivity index (χ4n) is 22.9. The SMILES string of the molecule is c1ccc(-c2ccc(N3c4cc(-n5c6ccccc6c6ccccc65)cc5c4B(c4ccc6c(c4N5c4ccc5c(c4)-c4ccccc4C54c5ccccc5-c5ccccc54)C4(c5ccccc5-c5ccccc54)c4ccccc4-6)c4c3ccc3c4C4(c5ccccc5-c5ccccc54)c4ccccc4-3)cc2)cc1. The highest BCUT2D eigenvalue weighted by molar-refractivity contribution is 7.01. The molecule has 26 rings (SSSR count). The van der Waals surface area contributed by atoms with E-state index in [1.165, 1.54) is 183 Å². The number of para-hydroxylation sites is 2. The van der Waals surface area contributed by atoms with Crippen molar-refractivity contribution in [3.8, 4) is 83.6 Å². The van der Waals surface area contributed by atoms with Crippen LogP contribution in [0.25, 0.3) is 105 Å². The van der Waals surface area contributed by atoms with E-state index in [-0.39, 0.29) is 6.71 Å². The van der Waals surface area contributed by atoms with Crippen LogP contribution in [0.2, 0.25) is 0 Å². The van der Waals surface area contributed by atoms with E-state index in [9.17, 15) is 0 Å². The van der Waals surface area contributed by atoms with Crippen molar-refractivity contribution in [2.45, 2.75) is 16.2 Å². The van der Waals surface area contributed by atoms with E-state index in [2.05, 4.69) is 390 Å². The number of rotatable bonds is 4. The zero-order chi connectivity index (χ0) is 70.7. The lowest BCUT2D eigenvalue weighted by atomic mass is 9.31. The molecule has 0 radical (unpaired) electrons. The number of hydrogen-bond acceptors (Lipinski definition) is 2. The molecule has 18 aromatic rings. The molecule has 109 heavy (non-hydrogen) atoms. The van der Waals surface area contributed by atoms with Gasteiger partial charge in [0.25, 0.3) is 6.71 Å². The van der Waals surface area contributed by atoms with Gasteiger partial charge in [-0.25, -0.2) is 0 Å². The maximum absolute atomic E-state index is 2.82. The Balaban J connectivity index is 0.863. The van der Waals surface area contributed by atoms with E-state index in [1.807, 2.05) is 0 Å². The van der Waals surface area contributed by atoms with Crippen molar-refractivity contribution < 1.29 is 0 Å². The molecule has 3 heterocycles. The van der Waals surface area contributed by atoms with Gasteiger partial charge in [-0.3, -0.25) is 0 Å². The summed E-state index contributed by atoms with van der Waals surface area (Å²) in [4.78, 5) is 5.51. The molecule has 1 aromatic heterocycles. The first-order valence-corrected chi connectivity index (χ1v) is 38.4. The normalized spacial score (nSPS) is 15.0. The van der Waals surface area contributed by atoms with Gasteiger partial charge in [-0.05, 0) is 210 Å². The Morgan fingerprint density at radius 3 is 1.06 bits per heavy atom. The predicted octanol–water partition coefficient (Wildman–Crippen LogP) is 23.6. The first kappa shape index (κ1) is 58.5. The van der Waals surface area contributed by atoms with Crippen LogP contribution in [-0.2, 0) is 16.2 Å². The summed E-state index contributed by atoms with van der Waals surface area (Å²) in [6.45, 7) is -0.331. The van der Waals surface area contributed by atoms with Crippen molar-refractivity contribution >= 4 is 79.0 Å². The van der Waals surface area contributed by atoms with Gasteiger partial charge in [0.2, 0.25) is 0 Å². The van der Waals surface area contributed by atoms with Crippen LogP contribution in [0.4, 0.5) is 34.1 Å². The van der Waals surface area contributed by atoms with E-state index in [0.29, 0.717) is 0 Å². The number of fused-ring (bicyclic) bond motifs is 39. The van der Waals surface area contributed by atoms with Crippen LogP contribution in [0.15, 0.2) is 376 Å². The molecule has 8 aliphatic rings. The molecule has 500 valence electrons. The van der Waals surface area contributed by atoms with Crippen LogP contribution in [0.3, 0.4) is 0 Å². The Kier molecular flexibility index (Phi) is 11.2. The van der Waals surface area contributed by atoms with Gasteiger partial charge in [0.1, 0.15) is 0 Å². The number of nitrogens with zero attached hydrogens (tertiary/aromatic N) is 3. The lowest BCUT2D eigenvalue weighted by Crippen LogP contribution is -2.63. The Labute approximate surface area is 631 Å². The van der Waals surface area contributed by atoms with E-state index >= 15 is 0 Å². The van der Waals surface area contributed by atoms with Crippen LogP contribution in [0.1, 0.15) is 66.8 Å². The second-order valence-corrected chi connectivity index (χ2v) is 31.0. The summed E-state index contributed by atoms with van der Waals surface area (Å²) in [5, 5.41) is 2.44. The van der Waals surface area contributed by atoms with Gasteiger partial charge in [0.15, 0.2) is 0 Å². The predicted molar refractivity (Wildman–Crippen MR) is 449 cm³/mol. The second-order valence-electron chi connectivity index (χ2n) is 31.0. The van der Waals surface area contributed by atoms with Gasteiger partial charge >= 0.3 is 0 Å². The van der Waals surface area contributed by atoms with Gasteiger partial charge in [0.05, 0.1) is 33.0 Å². The lowest BCUT2D eigenvalue weighted by Gasteiger charge is -2.48. The summed E-state index contributed by atoms with van der Waals surface area (Å²) in [7, 11) is 0. The number of aromatic nitrogens is 1. The lowest BCUT2D eigenvalue weighted by molar-refractivity contribution is 0.792. The number of anilines is 6. The zero-order valence-electron chi connectivity index (χ0n) is 59.2. The zero-order valence-corrected chi connectivity index (χ0v) is 59.2. The van der Waals surface area contributed by atoms with Crippen molar-refractivity contribution in [3.05, 3.63) is 443 Å². The van der Waals surface area contributed by atoms with Gasteiger partial charge < -0.3 is 14.4 Å². The van der Waals surface area contributed by atoms with Crippen molar-refractivity contribution in [1.29, 1.82) is 0 Å². The summed E-state index contributed by atoms with van der Waals surface area (Å²) in [5.41, 5.74) is 45.7. The van der Waals surface area contributed by atoms with Crippen LogP contribution >= 0.6 is 0 Å². The molecule has 0 bridgehead atoms. The van der Waals surface area contributed by atoms with Crippen molar-refractivity contribution in [3.63, 3.8) is 0 Å². The minimum atomic E-state index is -0.748. The molecular formula is C105H62BN3. The molecule has 6 aliphatic carbocycles. The Hall–Kier alpha value is -13.8. The molecule has 0 atom stereocenters. The fraction of sp³-hybridized carbons (Fsp3) is 0.0286. The quantitative estimate of drug-likeness (QED) is 0.163. The minimum Gasteiger partial charge on any atom is -0.311 e. The summed E-state index contributed by atoms with van der Waals surface area (Å²) >= 11 is 0. The summed E-state index contributed by atoms with van der Waals surface area (Å²) in [6, 6.07) is 146. The molecular weight excluding hydrogens is 1310 g/mol. The third-order valence-electron chi connectivity index (χ3n) is 26.6. The van der Waals surface area contributed by atoms with Crippen molar-refractivity contribution in [1.82, 2.24) is 4.57 Å². The molecule has 0 N–H and O–H groups in total. The van der Waals surface area contributed by atoms with Gasteiger partial charge in [-0.1, -0.05) is 322 Å². The Morgan fingerprint density at radius 2 is 0.569 bits per heavy atom. The van der Waals surface area contributed by atoms with E-state index < -0.39 is 16.2 Å². The number of benzene rings is 17. The van der Waals surface area contributed by atoms with Crippen LogP contribution in [0.5, 0.6) is 0 Å². The highest BCUT2D eigenvalue weighted by Crippen LogP contribution is 2.69. The molecule has 17 aromatic carbocycles. The maximum Gasteiger partial charge on any atom is 0.252 e. The van der Waals surface area contributed by atoms with E-state index in [1.54, 1.807) is 0 Å². The maximum atomic E-state index is 2.82. The summed E-state index contributed by atoms with van der Waals surface area (Å²) in [6.07, 6.45) is 0. The van der Waals surface area contributed by atoms with Gasteiger partial charge in [-0.2, -0.15) is 0 Å². The van der Waals surface area contributed by atoms with Crippen LogP contribution in [0, 0.1) is 0 Å². The van der Waals surface area contributed by atoms with Crippen LogP contribution < -0.4 is 26.2 Å². The second kappa shape index (κ2) is 20.8. The molecule has 0 unspecified atom stereocenters. The smallest absolute Gasteiger partial charge is 0.252 e. The molecule has 3 spiro atoms. The molecule has 0 saturated heterocycles. The summed E-state index contributed by atoms with van der Waals surface area (Å²) in [5.74, 6) is 0. The highest BCUT2D eigenvalue weighted by atomic mass is 15.2. The molecule has 0 amide bonds. The molecule has 3 nitrogen and oxygen atoms in total. The van der Waals surface area contributed by atoms with E-state index in [0.717, 1.165) is 39.5 Å². The van der Waals surface area contributed by atoms with Gasteiger partial charge in [-0.15, -0.1) is 0 Å². The van der Waals surface area contributed by atoms with Crippen LogP contribution in [-0.4, -0.2) is 11.3 Å². The molecule has 0 saturated carbocycles. The first-order valence-electron chi connectivity index (χ1n) is 38.4. The third-order valence-corrected chi connectivity index (χ3v) is 26.6. The third kappa shape index (κ3) is 6.92. The average molecular weight is 1380 g/mol. The standard InChI is InChI=1S/C105H62BN3/c1-2-26-63(27-3-1)64-50-52-65(53-51-64)107-95-59-56-79-74-34-10-22-46-89(74)104(85-42-18-6-30-70(85)71-31-7-19-43-86(71)104)98(79)101(95)106-92-58-55-80-75-35-11-23-47-90(75)105(87-44-20-8-32-72(87)73-33-9-21-45-88(73)105)99(80)102(92)109(97-62-67(61-96(107)100(97)106)108-93-48-24-13-37-77(93)78-38-14-25-49-94(78)108)66-54-57-91-81(60-66)76-36-12-17-41-84(76)103(91)82-39-15-4-28-68(82)69-29-5-16-40-83(69)103/h1-62H.